The summed E-state index contributed by atoms with van der Waals surface area (Å²) in [6.07, 6.45) is 9.35. The van der Waals surface area contributed by atoms with Crippen molar-refractivity contribution in [1.29, 1.82) is 0 Å². The molecule has 1 atom stereocenters. The lowest BCUT2D eigenvalue weighted by atomic mass is 9.78. The molecule has 2 aromatic rings. The van der Waals surface area contributed by atoms with Crippen molar-refractivity contribution in [1.82, 2.24) is 4.90 Å². The van der Waals surface area contributed by atoms with Crippen molar-refractivity contribution in [3.05, 3.63) is 105 Å². The van der Waals surface area contributed by atoms with Gasteiger partial charge in [-0.1, -0.05) is 47.5 Å². The molecule has 1 N–H and O–H groups in total. The number of carboxylic acid groups (broad SMARTS) is 1. The number of carbonyl (C=O) groups is 1. The predicted molar refractivity (Wildman–Crippen MR) is 146 cm³/mol. The van der Waals surface area contributed by atoms with Crippen LogP contribution >= 0.6 is 23.2 Å². The lowest BCUT2D eigenvalue weighted by Crippen LogP contribution is -2.38. The van der Waals surface area contributed by atoms with Crippen molar-refractivity contribution in [2.45, 2.75) is 12.3 Å². The Morgan fingerprint density at radius 1 is 1.26 bits per heavy atom. The second-order valence-electron chi connectivity index (χ2n) is 8.43. The van der Waals surface area contributed by atoms with Gasteiger partial charge in [0.05, 0.1) is 34.7 Å². The molecular formula is C28H26Cl2F2N2O4. The molecule has 6 nitrogen and oxygen atoms in total. The summed E-state index contributed by atoms with van der Waals surface area (Å²) in [7, 11) is 1.51. The zero-order valence-electron chi connectivity index (χ0n) is 20.8. The van der Waals surface area contributed by atoms with Crippen LogP contribution in [0.15, 0.2) is 83.4 Å². The van der Waals surface area contributed by atoms with Crippen molar-refractivity contribution in [3.8, 4) is 11.5 Å². The Balaban J connectivity index is 2.00. The third kappa shape index (κ3) is 6.62. The highest BCUT2D eigenvalue weighted by molar-refractivity contribution is 6.32. The van der Waals surface area contributed by atoms with E-state index in [0.717, 1.165) is 17.7 Å². The van der Waals surface area contributed by atoms with Gasteiger partial charge in [0.2, 0.25) is 0 Å². The summed E-state index contributed by atoms with van der Waals surface area (Å²) < 4.78 is 39.9. The second kappa shape index (κ2) is 12.8. The third-order valence-corrected chi connectivity index (χ3v) is 6.57. The van der Waals surface area contributed by atoms with Crippen LogP contribution in [0.5, 0.6) is 11.5 Å². The minimum Gasteiger partial charge on any atom is -0.495 e. The monoisotopic (exact) mass is 562 g/mol. The topological polar surface area (TPSA) is 71.4 Å². The summed E-state index contributed by atoms with van der Waals surface area (Å²) in [4.78, 5) is 17.1. The predicted octanol–water partition coefficient (Wildman–Crippen LogP) is 7.00. The molecule has 2 aromatic carbocycles. The fourth-order valence-corrected chi connectivity index (χ4v) is 4.47. The molecule has 10 heteroatoms. The molecule has 0 saturated heterocycles. The van der Waals surface area contributed by atoms with Gasteiger partial charge in [-0.05, 0) is 55.6 Å². The van der Waals surface area contributed by atoms with Crippen molar-refractivity contribution in [2.75, 3.05) is 26.8 Å². The van der Waals surface area contributed by atoms with Crippen LogP contribution in [0.25, 0.3) is 0 Å². The number of ether oxygens (including phenoxy) is 2. The molecule has 1 aliphatic rings. The van der Waals surface area contributed by atoms with E-state index in [9.17, 15) is 13.6 Å². The zero-order valence-corrected chi connectivity index (χ0v) is 22.3. The first kappa shape index (κ1) is 28.9. The number of halogens is 4. The number of carboxylic acids is 1. The van der Waals surface area contributed by atoms with Gasteiger partial charge in [0, 0.05) is 18.4 Å². The number of benzene rings is 2. The van der Waals surface area contributed by atoms with E-state index >= 15 is 0 Å². The first-order chi connectivity index (χ1) is 18.1. The number of hydrogen-bond donors (Lipinski definition) is 1. The second-order valence-corrected chi connectivity index (χ2v) is 9.24. The van der Waals surface area contributed by atoms with Gasteiger partial charge in [-0.25, -0.2) is 13.6 Å². The van der Waals surface area contributed by atoms with Crippen LogP contribution in [0.1, 0.15) is 22.8 Å². The number of methoxy groups -OCH3 is 1. The average molecular weight is 563 g/mol. The molecule has 1 aliphatic heterocycles. The van der Waals surface area contributed by atoms with E-state index in [-0.39, 0.29) is 36.0 Å². The molecule has 0 saturated carbocycles. The Labute approximate surface area is 229 Å². The summed E-state index contributed by atoms with van der Waals surface area (Å²) in [5, 5.41) is 9.37. The molecule has 3 rings (SSSR count). The number of allylic oxidation sites excluding steroid dienone is 5. The highest BCUT2D eigenvalue weighted by Gasteiger charge is 2.33. The Morgan fingerprint density at radius 2 is 2.03 bits per heavy atom. The molecule has 38 heavy (non-hydrogen) atoms. The molecule has 200 valence electrons. The molecule has 0 bridgehead atoms. The number of rotatable bonds is 8. The molecule has 0 amide bonds. The summed E-state index contributed by atoms with van der Waals surface area (Å²) in [6.45, 7) is 5.98. The Morgan fingerprint density at radius 3 is 2.68 bits per heavy atom. The normalized spacial score (nSPS) is 21.8. The van der Waals surface area contributed by atoms with Crippen LogP contribution in [0, 0.1) is 5.82 Å². The number of aliphatic imine (C=N–C) groups is 1. The first-order valence-electron chi connectivity index (χ1n) is 11.4. The SMILES string of the molecule is C=N/C=C1\N(CCOc2c(F)cc(C(=O)O)cc2Cl)C\C=C/C(F)=C\C=C\C1(C)c1ccc(Cl)c(OC)c1. The van der Waals surface area contributed by atoms with Crippen LogP contribution in [-0.2, 0) is 5.41 Å². The van der Waals surface area contributed by atoms with Gasteiger partial charge < -0.3 is 19.5 Å². The highest BCUT2D eigenvalue weighted by Crippen LogP contribution is 2.39. The Hall–Kier alpha value is -3.62. The quantitative estimate of drug-likeness (QED) is 0.351. The Kier molecular flexibility index (Phi) is 9.72. The van der Waals surface area contributed by atoms with Gasteiger partial charge in [0.15, 0.2) is 11.6 Å². The molecule has 0 spiro atoms. The van der Waals surface area contributed by atoms with E-state index < -0.39 is 23.0 Å². The van der Waals surface area contributed by atoms with Crippen LogP contribution in [0.3, 0.4) is 0 Å². The van der Waals surface area contributed by atoms with E-state index in [0.29, 0.717) is 16.5 Å². The van der Waals surface area contributed by atoms with Gasteiger partial charge >= 0.3 is 5.97 Å². The minimum absolute atomic E-state index is 0.0343. The van der Waals surface area contributed by atoms with Gasteiger partial charge in [0.1, 0.15) is 18.2 Å². The van der Waals surface area contributed by atoms with Gasteiger partial charge in [-0.15, -0.1) is 0 Å². The zero-order chi connectivity index (χ0) is 27.9. The number of aromatic carboxylic acids is 1. The number of nitrogens with zero attached hydrogens (tertiary/aromatic N) is 2. The van der Waals surface area contributed by atoms with Gasteiger partial charge in [-0.2, -0.15) is 0 Å². The minimum atomic E-state index is -1.31. The maximum Gasteiger partial charge on any atom is 0.335 e. The number of hydrogen-bond acceptors (Lipinski definition) is 5. The molecule has 0 aromatic heterocycles. The summed E-state index contributed by atoms with van der Waals surface area (Å²) in [6, 6.07) is 7.29. The molecule has 0 fully saturated rings. The van der Waals surface area contributed by atoms with E-state index in [1.807, 2.05) is 24.0 Å². The highest BCUT2D eigenvalue weighted by atomic mass is 35.5. The smallest absolute Gasteiger partial charge is 0.335 e. The fraction of sp³-hybridized carbons (Fsp3) is 0.214. The summed E-state index contributed by atoms with van der Waals surface area (Å²) in [5.41, 5.74) is 0.323. The maximum atomic E-state index is 14.5. The summed E-state index contributed by atoms with van der Waals surface area (Å²) in [5.74, 6) is -2.44. The fourth-order valence-electron chi connectivity index (χ4n) is 4.01. The molecule has 1 unspecified atom stereocenters. The van der Waals surface area contributed by atoms with E-state index in [2.05, 4.69) is 11.7 Å². The molecule has 1 heterocycles. The van der Waals surface area contributed by atoms with Gasteiger partial charge in [-0.3, -0.25) is 4.99 Å². The van der Waals surface area contributed by atoms with Gasteiger partial charge in [0.25, 0.3) is 0 Å². The third-order valence-electron chi connectivity index (χ3n) is 5.98. The van der Waals surface area contributed by atoms with E-state index in [1.54, 1.807) is 30.5 Å². The summed E-state index contributed by atoms with van der Waals surface area (Å²) >= 11 is 12.3. The van der Waals surface area contributed by atoms with Crippen molar-refractivity contribution < 1.29 is 28.2 Å². The van der Waals surface area contributed by atoms with Crippen LogP contribution in [-0.4, -0.2) is 49.5 Å². The molecule has 0 radical (unpaired) electrons. The largest absolute Gasteiger partial charge is 0.495 e. The lowest BCUT2D eigenvalue weighted by molar-refractivity contribution is 0.0696. The van der Waals surface area contributed by atoms with E-state index in [1.165, 1.54) is 19.3 Å². The standard InChI is InChI=1S/C28H26Cl2F2N2O4/c1-28(19-8-9-21(29)24(16-19)37-3)10-4-6-20(31)7-5-11-34(25(28)17-33-2)12-13-38-26-22(30)14-18(27(35)36)15-23(26)32/h4-10,14-17H,2,11-13H2,1,3H3,(H,35,36)/b7-5-,10-4+,20-6+,25-17-. The molecule has 0 aliphatic carbocycles. The first-order valence-corrected chi connectivity index (χ1v) is 12.2. The Bertz CT molecular complexity index is 1320. The van der Waals surface area contributed by atoms with Crippen molar-refractivity contribution in [2.24, 2.45) is 4.99 Å². The average Bonchev–Trinajstić information content (AvgIpc) is 2.87. The maximum absolute atomic E-state index is 14.5. The van der Waals surface area contributed by atoms with Crippen molar-refractivity contribution >= 4 is 35.9 Å². The van der Waals surface area contributed by atoms with Crippen LogP contribution < -0.4 is 9.47 Å². The lowest BCUT2D eigenvalue weighted by Gasteiger charge is -2.38. The van der Waals surface area contributed by atoms with Crippen molar-refractivity contribution in [3.63, 3.8) is 0 Å². The van der Waals surface area contributed by atoms with E-state index in [4.69, 9.17) is 37.8 Å². The van der Waals surface area contributed by atoms with Crippen LogP contribution in [0.2, 0.25) is 10.0 Å². The molecular weight excluding hydrogens is 537 g/mol. The van der Waals surface area contributed by atoms with Crippen LogP contribution in [0.4, 0.5) is 8.78 Å².